The zero-order chi connectivity index (χ0) is 13.8. The molecule has 4 nitrogen and oxygen atoms in total. The van der Waals surface area contributed by atoms with Crippen molar-refractivity contribution in [2.24, 2.45) is 10.7 Å². The largest absolute Gasteiger partial charge is 0.494 e. The van der Waals surface area contributed by atoms with Gasteiger partial charge in [-0.2, -0.15) is 0 Å². The summed E-state index contributed by atoms with van der Waals surface area (Å²) in [4.78, 5) is 6.62. The average Bonchev–Trinajstić information content (AvgIpc) is 2.81. The van der Waals surface area contributed by atoms with Crippen molar-refractivity contribution in [3.05, 3.63) is 29.8 Å². The number of hydrogen-bond donors (Lipinski definition) is 1. The van der Waals surface area contributed by atoms with E-state index in [-0.39, 0.29) is 6.04 Å². The minimum atomic E-state index is 0.192. The van der Waals surface area contributed by atoms with Gasteiger partial charge < -0.3 is 15.4 Å². The Balaban J connectivity index is 2.31. The molecule has 4 heteroatoms. The van der Waals surface area contributed by atoms with Gasteiger partial charge >= 0.3 is 0 Å². The Morgan fingerprint density at radius 2 is 2.16 bits per heavy atom. The fourth-order valence-corrected chi connectivity index (χ4v) is 2.53. The fourth-order valence-electron chi connectivity index (χ4n) is 2.53. The summed E-state index contributed by atoms with van der Waals surface area (Å²) in [5.74, 6) is 1.58. The summed E-state index contributed by atoms with van der Waals surface area (Å²) in [7, 11) is 0. The van der Waals surface area contributed by atoms with Gasteiger partial charge in [-0.25, -0.2) is 0 Å². The van der Waals surface area contributed by atoms with Crippen LogP contribution in [0, 0.1) is 0 Å². The minimum absolute atomic E-state index is 0.192. The maximum atomic E-state index is 6.04. The van der Waals surface area contributed by atoms with Crippen molar-refractivity contribution in [1.82, 2.24) is 4.90 Å². The molecule has 0 aliphatic carbocycles. The number of para-hydroxylation sites is 1. The number of benzene rings is 1. The summed E-state index contributed by atoms with van der Waals surface area (Å²) in [6.07, 6.45) is 1.05. The Morgan fingerprint density at radius 1 is 1.42 bits per heavy atom. The lowest BCUT2D eigenvalue weighted by Gasteiger charge is -2.32. The van der Waals surface area contributed by atoms with Crippen molar-refractivity contribution in [2.45, 2.75) is 39.3 Å². The zero-order valence-electron chi connectivity index (χ0n) is 12.0. The number of aliphatic imine (C=N–C) groups is 1. The molecule has 1 aliphatic rings. The first kappa shape index (κ1) is 13.7. The predicted octanol–water partition coefficient (Wildman–Crippen LogP) is 2.56. The van der Waals surface area contributed by atoms with E-state index < -0.39 is 0 Å². The molecule has 2 unspecified atom stereocenters. The van der Waals surface area contributed by atoms with Crippen molar-refractivity contribution in [1.29, 1.82) is 0 Å². The summed E-state index contributed by atoms with van der Waals surface area (Å²) >= 11 is 0. The van der Waals surface area contributed by atoms with Crippen LogP contribution in [-0.2, 0) is 0 Å². The molecule has 0 bridgehead atoms. The number of nitrogens with zero attached hydrogens (tertiary/aromatic N) is 2. The first-order valence-corrected chi connectivity index (χ1v) is 6.99. The van der Waals surface area contributed by atoms with Crippen LogP contribution < -0.4 is 10.5 Å². The lowest BCUT2D eigenvalue weighted by atomic mass is 10.0. The van der Waals surface area contributed by atoms with Gasteiger partial charge in [0.05, 0.1) is 19.2 Å². The van der Waals surface area contributed by atoms with Crippen LogP contribution in [0.5, 0.6) is 5.75 Å². The highest BCUT2D eigenvalue weighted by Gasteiger charge is 2.32. The van der Waals surface area contributed by atoms with Gasteiger partial charge in [0.2, 0.25) is 0 Å². The third kappa shape index (κ3) is 2.67. The van der Waals surface area contributed by atoms with Crippen LogP contribution in [0.1, 0.15) is 38.8 Å². The SMILES string of the molecule is CCOc1ccccc1C1CN=C(N)N1C(C)CC. The van der Waals surface area contributed by atoms with Crippen LogP contribution in [0.3, 0.4) is 0 Å². The Kier molecular flexibility index (Phi) is 4.30. The van der Waals surface area contributed by atoms with Gasteiger partial charge in [-0.15, -0.1) is 0 Å². The topological polar surface area (TPSA) is 50.9 Å². The number of rotatable bonds is 5. The average molecular weight is 261 g/mol. The third-order valence-electron chi connectivity index (χ3n) is 3.67. The predicted molar refractivity (Wildman–Crippen MR) is 78.4 cm³/mol. The van der Waals surface area contributed by atoms with E-state index >= 15 is 0 Å². The molecule has 1 heterocycles. The molecule has 2 rings (SSSR count). The summed E-state index contributed by atoms with van der Waals surface area (Å²) in [6, 6.07) is 8.74. The van der Waals surface area contributed by atoms with Crippen LogP contribution in [0.15, 0.2) is 29.3 Å². The monoisotopic (exact) mass is 261 g/mol. The molecule has 0 radical (unpaired) electrons. The van der Waals surface area contributed by atoms with E-state index in [9.17, 15) is 0 Å². The molecule has 0 spiro atoms. The van der Waals surface area contributed by atoms with Gasteiger partial charge in [-0.05, 0) is 26.3 Å². The number of hydrogen-bond acceptors (Lipinski definition) is 4. The molecule has 19 heavy (non-hydrogen) atoms. The van der Waals surface area contributed by atoms with Crippen molar-refractivity contribution >= 4 is 5.96 Å². The quantitative estimate of drug-likeness (QED) is 0.886. The smallest absolute Gasteiger partial charge is 0.192 e. The molecule has 104 valence electrons. The second kappa shape index (κ2) is 5.95. The molecular formula is C15H23N3O. The summed E-state index contributed by atoms with van der Waals surface area (Å²) in [5, 5.41) is 0. The Labute approximate surface area is 115 Å². The number of ether oxygens (including phenoxy) is 1. The lowest BCUT2D eigenvalue weighted by molar-refractivity contribution is 0.257. The number of nitrogens with two attached hydrogens (primary N) is 1. The van der Waals surface area contributed by atoms with E-state index in [1.54, 1.807) is 0 Å². The van der Waals surface area contributed by atoms with E-state index in [1.165, 1.54) is 5.56 Å². The Morgan fingerprint density at radius 3 is 2.84 bits per heavy atom. The standard InChI is InChI=1S/C15H23N3O/c1-4-11(3)18-13(10-17-15(18)16)12-8-6-7-9-14(12)19-5-2/h6-9,11,13H,4-5,10H2,1-3H3,(H2,16,17). The van der Waals surface area contributed by atoms with Crippen molar-refractivity contribution in [2.75, 3.05) is 13.2 Å². The molecule has 1 aromatic carbocycles. The van der Waals surface area contributed by atoms with Crippen molar-refractivity contribution < 1.29 is 4.74 Å². The fraction of sp³-hybridized carbons (Fsp3) is 0.533. The van der Waals surface area contributed by atoms with Gasteiger partial charge in [-0.3, -0.25) is 4.99 Å². The van der Waals surface area contributed by atoms with Crippen LogP contribution in [-0.4, -0.2) is 30.1 Å². The molecule has 0 amide bonds. The van der Waals surface area contributed by atoms with Crippen molar-refractivity contribution in [3.63, 3.8) is 0 Å². The van der Waals surface area contributed by atoms with Gasteiger partial charge in [0, 0.05) is 11.6 Å². The molecule has 1 aromatic rings. The molecule has 2 N–H and O–H groups in total. The van der Waals surface area contributed by atoms with E-state index in [0.29, 0.717) is 25.2 Å². The van der Waals surface area contributed by atoms with Gasteiger partial charge in [-0.1, -0.05) is 25.1 Å². The lowest BCUT2D eigenvalue weighted by Crippen LogP contribution is -2.42. The first-order chi connectivity index (χ1) is 9.19. The number of guanidine groups is 1. The van der Waals surface area contributed by atoms with Crippen LogP contribution >= 0.6 is 0 Å². The molecule has 0 aromatic heterocycles. The maximum Gasteiger partial charge on any atom is 0.192 e. The van der Waals surface area contributed by atoms with Crippen molar-refractivity contribution in [3.8, 4) is 5.75 Å². The van der Waals surface area contributed by atoms with E-state index in [1.807, 2.05) is 25.1 Å². The zero-order valence-corrected chi connectivity index (χ0v) is 12.0. The Bertz CT molecular complexity index is 458. The highest BCUT2D eigenvalue weighted by molar-refractivity contribution is 5.81. The Hall–Kier alpha value is -1.71. The maximum absolute atomic E-state index is 6.04. The second-order valence-corrected chi connectivity index (χ2v) is 4.85. The van der Waals surface area contributed by atoms with E-state index in [0.717, 1.165) is 12.2 Å². The molecule has 0 saturated carbocycles. The molecule has 0 fully saturated rings. The van der Waals surface area contributed by atoms with Gasteiger partial charge in [0.1, 0.15) is 5.75 Å². The minimum Gasteiger partial charge on any atom is -0.494 e. The molecule has 1 aliphatic heterocycles. The highest BCUT2D eigenvalue weighted by Crippen LogP contribution is 2.34. The third-order valence-corrected chi connectivity index (χ3v) is 3.67. The van der Waals surface area contributed by atoms with Gasteiger partial charge in [0.15, 0.2) is 5.96 Å². The molecule has 2 atom stereocenters. The molecular weight excluding hydrogens is 238 g/mol. The summed E-state index contributed by atoms with van der Waals surface area (Å²) in [6.45, 7) is 7.73. The first-order valence-electron chi connectivity index (χ1n) is 6.99. The van der Waals surface area contributed by atoms with Crippen LogP contribution in [0.4, 0.5) is 0 Å². The normalized spacial score (nSPS) is 20.3. The summed E-state index contributed by atoms with van der Waals surface area (Å²) in [5.41, 5.74) is 7.22. The van der Waals surface area contributed by atoms with Crippen LogP contribution in [0.25, 0.3) is 0 Å². The highest BCUT2D eigenvalue weighted by atomic mass is 16.5. The molecule has 0 saturated heterocycles. The van der Waals surface area contributed by atoms with E-state index in [4.69, 9.17) is 10.5 Å². The van der Waals surface area contributed by atoms with Crippen LogP contribution in [0.2, 0.25) is 0 Å². The second-order valence-electron chi connectivity index (χ2n) is 4.85. The summed E-state index contributed by atoms with van der Waals surface area (Å²) < 4.78 is 5.73. The van der Waals surface area contributed by atoms with E-state index in [2.05, 4.69) is 29.8 Å². The van der Waals surface area contributed by atoms with Gasteiger partial charge in [0.25, 0.3) is 0 Å².